The van der Waals surface area contributed by atoms with Gasteiger partial charge in [0.05, 0.1) is 6.10 Å². The second-order valence-corrected chi connectivity index (χ2v) is 8.24. The minimum absolute atomic E-state index is 0.0408. The van der Waals surface area contributed by atoms with Crippen LogP contribution in [0.2, 0.25) is 0 Å². The van der Waals surface area contributed by atoms with Crippen LogP contribution < -0.4 is 0 Å². The van der Waals surface area contributed by atoms with Crippen LogP contribution in [0.4, 0.5) is 0 Å². The highest BCUT2D eigenvalue weighted by atomic mass is 16.3. The van der Waals surface area contributed by atoms with Crippen LogP contribution in [0.15, 0.2) is 18.2 Å². The fourth-order valence-corrected chi connectivity index (χ4v) is 6.32. The summed E-state index contributed by atoms with van der Waals surface area (Å²) < 4.78 is 0. The van der Waals surface area contributed by atoms with Gasteiger partial charge in [-0.05, 0) is 79.5 Å². The largest absolute Gasteiger partial charge is 0.508 e. The molecular formula is C20H26O3. The lowest BCUT2D eigenvalue weighted by Crippen LogP contribution is -2.49. The lowest BCUT2D eigenvalue weighted by Gasteiger charge is -2.52. The Labute approximate surface area is 137 Å². The summed E-state index contributed by atoms with van der Waals surface area (Å²) in [7, 11) is 0. The Morgan fingerprint density at radius 1 is 1.26 bits per heavy atom. The van der Waals surface area contributed by atoms with Gasteiger partial charge in [-0.25, -0.2) is 0 Å². The van der Waals surface area contributed by atoms with Gasteiger partial charge in [0.2, 0.25) is 0 Å². The van der Waals surface area contributed by atoms with Crippen molar-refractivity contribution in [2.75, 3.05) is 0 Å². The molecule has 6 unspecified atom stereocenters. The van der Waals surface area contributed by atoms with Crippen LogP contribution >= 0.6 is 0 Å². The Kier molecular flexibility index (Phi) is 3.35. The summed E-state index contributed by atoms with van der Waals surface area (Å²) >= 11 is 0. The molecule has 3 nitrogen and oxygen atoms in total. The Hall–Kier alpha value is -1.35. The van der Waals surface area contributed by atoms with Crippen molar-refractivity contribution in [3.8, 4) is 5.75 Å². The van der Waals surface area contributed by atoms with E-state index in [9.17, 15) is 15.0 Å². The van der Waals surface area contributed by atoms with Gasteiger partial charge in [0.15, 0.2) is 0 Å². The number of benzene rings is 1. The number of aliphatic hydroxyl groups excluding tert-OH is 1. The number of fused-ring (bicyclic) bond motifs is 5. The van der Waals surface area contributed by atoms with E-state index in [1.807, 2.05) is 12.1 Å². The summed E-state index contributed by atoms with van der Waals surface area (Å²) in [5.74, 6) is 1.89. The van der Waals surface area contributed by atoms with E-state index in [4.69, 9.17) is 0 Å². The van der Waals surface area contributed by atoms with Crippen LogP contribution in [0.3, 0.4) is 0 Å². The topological polar surface area (TPSA) is 57.5 Å². The van der Waals surface area contributed by atoms with E-state index in [1.165, 1.54) is 11.1 Å². The number of aromatic hydroxyl groups is 1. The third-order valence-corrected chi connectivity index (χ3v) is 7.17. The number of carbonyl (C=O) groups is 1. The molecule has 2 saturated carbocycles. The lowest BCUT2D eigenvalue weighted by atomic mass is 9.53. The van der Waals surface area contributed by atoms with Crippen LogP contribution in [0, 0.1) is 23.2 Å². The Morgan fingerprint density at radius 2 is 2.04 bits per heavy atom. The molecule has 3 aliphatic carbocycles. The number of ketones is 1. The van der Waals surface area contributed by atoms with Crippen molar-refractivity contribution in [1.29, 1.82) is 0 Å². The number of carbonyl (C=O) groups excluding carboxylic acids is 1. The van der Waals surface area contributed by atoms with Gasteiger partial charge in [0, 0.05) is 11.8 Å². The number of rotatable bonds is 1. The summed E-state index contributed by atoms with van der Waals surface area (Å²) in [5.41, 5.74) is 2.37. The van der Waals surface area contributed by atoms with E-state index in [0.717, 1.165) is 32.1 Å². The Balaban J connectivity index is 1.74. The number of phenolic OH excluding ortho intramolecular Hbond substituents is 1. The molecule has 0 aromatic heterocycles. The smallest absolute Gasteiger partial charge is 0.133 e. The highest BCUT2D eigenvalue weighted by Crippen LogP contribution is 2.63. The minimum Gasteiger partial charge on any atom is -0.508 e. The molecule has 0 spiro atoms. The van der Waals surface area contributed by atoms with Gasteiger partial charge in [-0.15, -0.1) is 0 Å². The number of phenols is 1. The first-order valence-corrected chi connectivity index (χ1v) is 8.92. The van der Waals surface area contributed by atoms with Crippen molar-refractivity contribution >= 4 is 5.78 Å². The fourth-order valence-electron chi connectivity index (χ4n) is 6.32. The SMILES string of the molecule is CC(=O)C1CCC2C3CCc4cc(O)ccc4C3C(O)CC12C. The second-order valence-electron chi connectivity index (χ2n) is 8.24. The molecule has 6 atom stereocenters. The van der Waals surface area contributed by atoms with Crippen LogP contribution in [-0.2, 0) is 11.2 Å². The zero-order valence-electron chi connectivity index (χ0n) is 14.0. The summed E-state index contributed by atoms with van der Waals surface area (Å²) in [5, 5.41) is 20.7. The molecule has 1 aromatic rings. The molecule has 0 bridgehead atoms. The quantitative estimate of drug-likeness (QED) is 0.835. The van der Waals surface area contributed by atoms with E-state index < -0.39 is 0 Å². The van der Waals surface area contributed by atoms with E-state index in [1.54, 1.807) is 13.0 Å². The number of aryl methyl sites for hydroxylation is 1. The zero-order valence-corrected chi connectivity index (χ0v) is 14.0. The highest BCUT2D eigenvalue weighted by molar-refractivity contribution is 5.79. The predicted molar refractivity (Wildman–Crippen MR) is 88.3 cm³/mol. The molecule has 0 saturated heterocycles. The van der Waals surface area contributed by atoms with Gasteiger partial charge in [0.1, 0.15) is 11.5 Å². The maximum Gasteiger partial charge on any atom is 0.133 e. The molecular weight excluding hydrogens is 288 g/mol. The lowest BCUT2D eigenvalue weighted by molar-refractivity contribution is -0.128. The molecule has 0 radical (unpaired) electrons. The monoisotopic (exact) mass is 314 g/mol. The van der Waals surface area contributed by atoms with Gasteiger partial charge in [-0.1, -0.05) is 13.0 Å². The van der Waals surface area contributed by atoms with Gasteiger partial charge in [-0.2, -0.15) is 0 Å². The first-order chi connectivity index (χ1) is 10.9. The highest BCUT2D eigenvalue weighted by Gasteiger charge is 2.58. The summed E-state index contributed by atoms with van der Waals surface area (Å²) in [4.78, 5) is 12.1. The van der Waals surface area contributed by atoms with Crippen LogP contribution in [-0.4, -0.2) is 22.1 Å². The van der Waals surface area contributed by atoms with Crippen LogP contribution in [0.5, 0.6) is 5.75 Å². The summed E-state index contributed by atoms with van der Waals surface area (Å²) in [6, 6.07) is 5.61. The number of hydrogen-bond donors (Lipinski definition) is 2. The molecule has 4 rings (SSSR count). The van der Waals surface area contributed by atoms with Gasteiger partial charge >= 0.3 is 0 Å². The molecule has 0 amide bonds. The Bertz CT molecular complexity index is 652. The predicted octanol–water partition coefficient (Wildman–Crippen LogP) is 3.42. The Morgan fingerprint density at radius 3 is 2.78 bits per heavy atom. The number of aliphatic hydroxyl groups is 1. The first-order valence-electron chi connectivity index (χ1n) is 8.92. The van der Waals surface area contributed by atoms with E-state index >= 15 is 0 Å². The van der Waals surface area contributed by atoms with E-state index in [0.29, 0.717) is 23.4 Å². The first kappa shape index (κ1) is 15.2. The second kappa shape index (κ2) is 5.07. The van der Waals surface area contributed by atoms with Crippen molar-refractivity contribution in [2.24, 2.45) is 23.2 Å². The molecule has 23 heavy (non-hydrogen) atoms. The minimum atomic E-state index is -0.384. The molecule has 2 N–H and O–H groups in total. The van der Waals surface area contributed by atoms with Gasteiger partial charge in [0.25, 0.3) is 0 Å². The molecule has 3 aliphatic rings. The maximum atomic E-state index is 12.1. The maximum absolute atomic E-state index is 12.1. The van der Waals surface area contributed by atoms with Crippen LogP contribution in [0.25, 0.3) is 0 Å². The molecule has 124 valence electrons. The normalized spacial score (nSPS) is 41.8. The molecule has 2 fully saturated rings. The standard InChI is InChI=1S/C20H26O3/c1-11(21)16-7-8-17-15-5-3-12-9-13(22)4-6-14(12)19(15)18(23)10-20(16,17)2/h4,6,9,15-19,22-23H,3,5,7-8,10H2,1-2H3. The fraction of sp³-hybridized carbons (Fsp3) is 0.650. The third-order valence-electron chi connectivity index (χ3n) is 7.17. The molecule has 0 heterocycles. The van der Waals surface area contributed by atoms with Gasteiger partial charge in [-0.3, -0.25) is 4.79 Å². The summed E-state index contributed by atoms with van der Waals surface area (Å²) in [6.07, 6.45) is 4.46. The summed E-state index contributed by atoms with van der Waals surface area (Å²) in [6.45, 7) is 3.96. The number of hydrogen-bond acceptors (Lipinski definition) is 3. The van der Waals surface area contributed by atoms with Crippen molar-refractivity contribution in [3.63, 3.8) is 0 Å². The number of Topliss-reactive ketones (excluding diaryl/α,β-unsaturated/α-hetero) is 1. The van der Waals surface area contributed by atoms with E-state index in [2.05, 4.69) is 6.92 Å². The van der Waals surface area contributed by atoms with Crippen molar-refractivity contribution in [2.45, 2.75) is 58.0 Å². The van der Waals surface area contributed by atoms with E-state index in [-0.39, 0.29) is 23.4 Å². The van der Waals surface area contributed by atoms with Crippen molar-refractivity contribution < 1.29 is 15.0 Å². The van der Waals surface area contributed by atoms with Crippen molar-refractivity contribution in [1.82, 2.24) is 0 Å². The van der Waals surface area contributed by atoms with Crippen LogP contribution in [0.1, 0.15) is 56.6 Å². The average Bonchev–Trinajstić information content (AvgIpc) is 2.83. The third kappa shape index (κ3) is 2.09. The molecule has 1 aromatic carbocycles. The molecule has 0 aliphatic heterocycles. The zero-order chi connectivity index (χ0) is 16.4. The molecule has 3 heteroatoms. The van der Waals surface area contributed by atoms with Crippen molar-refractivity contribution in [3.05, 3.63) is 29.3 Å². The average molecular weight is 314 g/mol. The van der Waals surface area contributed by atoms with Gasteiger partial charge < -0.3 is 10.2 Å².